The van der Waals surface area contributed by atoms with Gasteiger partial charge in [-0.2, -0.15) is 0 Å². The highest BCUT2D eigenvalue weighted by atomic mass is 16.3. The van der Waals surface area contributed by atoms with Crippen LogP contribution in [-0.4, -0.2) is 19.2 Å². The van der Waals surface area contributed by atoms with Crippen molar-refractivity contribution in [3.63, 3.8) is 0 Å². The van der Waals surface area contributed by atoms with Crippen LogP contribution in [0.3, 0.4) is 0 Å². The Morgan fingerprint density at radius 1 is 1.06 bits per heavy atom. The molecule has 0 aliphatic carbocycles. The molecule has 0 saturated heterocycles. The Hall–Kier alpha value is -2.36. The van der Waals surface area contributed by atoms with Crippen molar-refractivity contribution in [3.05, 3.63) is 42.5 Å². The number of nitrogen functional groups attached to an aromatic ring is 1. The third-order valence-electron chi connectivity index (χ3n) is 2.70. The van der Waals surface area contributed by atoms with Crippen molar-refractivity contribution >= 4 is 22.7 Å². The van der Waals surface area contributed by atoms with Crippen LogP contribution < -0.4 is 16.0 Å². The number of nitrogens with one attached hydrogen (secondary N) is 1. The molecule has 0 bridgehead atoms. The van der Waals surface area contributed by atoms with Crippen molar-refractivity contribution in [2.24, 2.45) is 0 Å². The zero-order valence-electron chi connectivity index (χ0n) is 10.5. The first kappa shape index (κ1) is 12.1. The highest BCUT2D eigenvalue weighted by Gasteiger charge is 2.02. The molecule has 4 N–H and O–H groups in total. The zero-order valence-corrected chi connectivity index (χ0v) is 10.5. The lowest BCUT2D eigenvalue weighted by Crippen LogP contribution is -2.09. The van der Waals surface area contributed by atoms with Gasteiger partial charge in [0.2, 0.25) is 0 Å². The predicted octanol–water partition coefficient (Wildman–Crippen LogP) is 2.78. The molecule has 0 atom stereocenters. The summed E-state index contributed by atoms with van der Waals surface area (Å²) in [5, 5.41) is 12.4. The molecule has 0 fully saturated rings. The first-order valence-corrected chi connectivity index (χ1v) is 5.69. The SMILES string of the molecule is CN(C)c1ccc(Nc2ccc(O)cc2)c(N)c1. The van der Waals surface area contributed by atoms with Crippen LogP contribution in [0.2, 0.25) is 0 Å². The number of aromatic hydroxyl groups is 1. The zero-order chi connectivity index (χ0) is 13.1. The third kappa shape index (κ3) is 2.66. The van der Waals surface area contributed by atoms with E-state index in [9.17, 15) is 5.11 Å². The smallest absolute Gasteiger partial charge is 0.115 e. The van der Waals surface area contributed by atoms with E-state index in [-0.39, 0.29) is 5.75 Å². The van der Waals surface area contributed by atoms with E-state index in [0.717, 1.165) is 17.1 Å². The van der Waals surface area contributed by atoms with E-state index >= 15 is 0 Å². The molecule has 2 aromatic carbocycles. The van der Waals surface area contributed by atoms with E-state index in [1.807, 2.05) is 37.2 Å². The molecule has 0 aliphatic rings. The lowest BCUT2D eigenvalue weighted by atomic mass is 10.2. The Balaban J connectivity index is 2.22. The molecule has 18 heavy (non-hydrogen) atoms. The molecular weight excluding hydrogens is 226 g/mol. The Kier molecular flexibility index (Phi) is 3.28. The van der Waals surface area contributed by atoms with E-state index in [4.69, 9.17) is 5.73 Å². The molecule has 0 heterocycles. The largest absolute Gasteiger partial charge is 0.508 e. The lowest BCUT2D eigenvalue weighted by molar-refractivity contribution is 0.475. The van der Waals surface area contributed by atoms with Crippen molar-refractivity contribution in [2.75, 3.05) is 30.0 Å². The van der Waals surface area contributed by atoms with Gasteiger partial charge in [0, 0.05) is 25.5 Å². The molecule has 4 heteroatoms. The van der Waals surface area contributed by atoms with Gasteiger partial charge in [-0.25, -0.2) is 0 Å². The fourth-order valence-corrected chi connectivity index (χ4v) is 1.64. The molecule has 0 saturated carbocycles. The topological polar surface area (TPSA) is 61.5 Å². The van der Waals surface area contributed by atoms with Gasteiger partial charge in [-0.05, 0) is 42.5 Å². The molecule has 0 amide bonds. The first-order chi connectivity index (χ1) is 8.56. The fraction of sp³-hybridized carbons (Fsp3) is 0.143. The number of nitrogens with zero attached hydrogens (tertiary/aromatic N) is 1. The number of phenols is 1. The third-order valence-corrected chi connectivity index (χ3v) is 2.70. The minimum Gasteiger partial charge on any atom is -0.508 e. The van der Waals surface area contributed by atoms with Gasteiger partial charge in [0.05, 0.1) is 11.4 Å². The van der Waals surface area contributed by atoms with Gasteiger partial charge in [-0.1, -0.05) is 0 Å². The van der Waals surface area contributed by atoms with Crippen LogP contribution in [0.5, 0.6) is 5.75 Å². The quantitative estimate of drug-likeness (QED) is 0.573. The van der Waals surface area contributed by atoms with Crippen molar-refractivity contribution in [3.8, 4) is 5.75 Å². The van der Waals surface area contributed by atoms with Crippen LogP contribution >= 0.6 is 0 Å². The highest BCUT2D eigenvalue weighted by Crippen LogP contribution is 2.27. The number of benzene rings is 2. The van der Waals surface area contributed by atoms with Gasteiger partial charge in [0.25, 0.3) is 0 Å². The minimum atomic E-state index is 0.247. The number of hydrogen-bond donors (Lipinski definition) is 3. The van der Waals surface area contributed by atoms with Gasteiger partial charge in [-0.15, -0.1) is 0 Å². The Morgan fingerprint density at radius 2 is 1.72 bits per heavy atom. The summed E-state index contributed by atoms with van der Waals surface area (Å²) in [6, 6.07) is 12.7. The average Bonchev–Trinajstić information content (AvgIpc) is 2.34. The molecule has 0 spiro atoms. The van der Waals surface area contributed by atoms with Gasteiger partial charge in [-0.3, -0.25) is 0 Å². The maximum atomic E-state index is 9.22. The summed E-state index contributed by atoms with van der Waals surface area (Å²) in [7, 11) is 3.95. The maximum absolute atomic E-state index is 9.22. The van der Waals surface area contributed by atoms with E-state index in [1.165, 1.54) is 0 Å². The fourth-order valence-electron chi connectivity index (χ4n) is 1.64. The molecule has 2 rings (SSSR count). The summed E-state index contributed by atoms with van der Waals surface area (Å²) in [5.74, 6) is 0.247. The molecule has 0 aliphatic heterocycles. The monoisotopic (exact) mass is 243 g/mol. The number of hydrogen-bond acceptors (Lipinski definition) is 4. The summed E-state index contributed by atoms with van der Waals surface area (Å²) in [6.07, 6.45) is 0. The van der Waals surface area contributed by atoms with Gasteiger partial charge < -0.3 is 21.1 Å². The van der Waals surface area contributed by atoms with E-state index in [2.05, 4.69) is 5.32 Å². The summed E-state index contributed by atoms with van der Waals surface area (Å²) in [4.78, 5) is 2.00. The molecule has 0 aromatic heterocycles. The molecule has 2 aromatic rings. The molecule has 0 radical (unpaired) electrons. The second-order valence-corrected chi connectivity index (χ2v) is 4.34. The van der Waals surface area contributed by atoms with Crippen molar-refractivity contribution < 1.29 is 5.11 Å². The number of anilines is 4. The van der Waals surface area contributed by atoms with E-state index in [1.54, 1.807) is 24.3 Å². The second kappa shape index (κ2) is 4.87. The maximum Gasteiger partial charge on any atom is 0.115 e. The van der Waals surface area contributed by atoms with Crippen molar-refractivity contribution in [1.29, 1.82) is 0 Å². The van der Waals surface area contributed by atoms with Gasteiger partial charge >= 0.3 is 0 Å². The number of rotatable bonds is 3. The van der Waals surface area contributed by atoms with Crippen LogP contribution in [0.4, 0.5) is 22.7 Å². The van der Waals surface area contributed by atoms with Gasteiger partial charge in [0.15, 0.2) is 0 Å². The predicted molar refractivity (Wildman–Crippen MR) is 76.6 cm³/mol. The Morgan fingerprint density at radius 3 is 2.28 bits per heavy atom. The summed E-state index contributed by atoms with van der Waals surface area (Å²) < 4.78 is 0. The summed E-state index contributed by atoms with van der Waals surface area (Å²) in [5.41, 5.74) is 9.49. The number of nitrogens with two attached hydrogens (primary N) is 1. The van der Waals surface area contributed by atoms with Gasteiger partial charge in [0.1, 0.15) is 5.75 Å². The Bertz CT molecular complexity index is 535. The van der Waals surface area contributed by atoms with Crippen molar-refractivity contribution in [2.45, 2.75) is 0 Å². The Labute approximate surface area is 107 Å². The highest BCUT2D eigenvalue weighted by molar-refractivity contribution is 5.76. The molecule has 94 valence electrons. The summed E-state index contributed by atoms with van der Waals surface area (Å²) in [6.45, 7) is 0. The molecule has 0 unspecified atom stereocenters. The lowest BCUT2D eigenvalue weighted by Gasteiger charge is -2.15. The van der Waals surface area contributed by atoms with Crippen LogP contribution in [0.25, 0.3) is 0 Å². The first-order valence-electron chi connectivity index (χ1n) is 5.69. The second-order valence-electron chi connectivity index (χ2n) is 4.34. The number of phenolic OH excluding ortho intramolecular Hbond substituents is 1. The van der Waals surface area contributed by atoms with Crippen LogP contribution in [0, 0.1) is 0 Å². The summed E-state index contributed by atoms with van der Waals surface area (Å²) >= 11 is 0. The van der Waals surface area contributed by atoms with E-state index < -0.39 is 0 Å². The molecule has 4 nitrogen and oxygen atoms in total. The minimum absolute atomic E-state index is 0.247. The van der Waals surface area contributed by atoms with Crippen LogP contribution in [-0.2, 0) is 0 Å². The average molecular weight is 243 g/mol. The normalized spacial score (nSPS) is 10.1. The van der Waals surface area contributed by atoms with Crippen LogP contribution in [0.15, 0.2) is 42.5 Å². The van der Waals surface area contributed by atoms with Crippen molar-refractivity contribution in [1.82, 2.24) is 0 Å². The molecular formula is C14H17N3O. The van der Waals surface area contributed by atoms with Crippen LogP contribution in [0.1, 0.15) is 0 Å². The standard InChI is InChI=1S/C14H17N3O/c1-17(2)11-5-8-14(13(15)9-11)16-10-3-6-12(18)7-4-10/h3-9,16,18H,15H2,1-2H3. The van der Waals surface area contributed by atoms with E-state index in [0.29, 0.717) is 5.69 Å².